The van der Waals surface area contributed by atoms with E-state index in [1.165, 1.54) is 0 Å². The highest BCUT2D eigenvalue weighted by molar-refractivity contribution is 4.81. The largest absolute Gasteiger partial charge is 0.385 e. The van der Waals surface area contributed by atoms with Crippen LogP contribution < -0.4 is 5.73 Å². The van der Waals surface area contributed by atoms with Crippen molar-refractivity contribution in [3.63, 3.8) is 0 Å². The predicted molar refractivity (Wildman–Crippen MR) is 50.1 cm³/mol. The Morgan fingerprint density at radius 1 is 1.67 bits per heavy atom. The summed E-state index contributed by atoms with van der Waals surface area (Å²) in [5.74, 6) is 0. The molecule has 2 atom stereocenters. The lowest BCUT2D eigenvalue weighted by molar-refractivity contribution is 0.152. The molecule has 1 heterocycles. The van der Waals surface area contributed by atoms with Crippen LogP contribution in [0.4, 0.5) is 0 Å². The number of nitrogens with zero attached hydrogens (tertiary/aromatic N) is 1. The van der Waals surface area contributed by atoms with E-state index in [-0.39, 0.29) is 0 Å². The molecular formula is C9H20N2O. The van der Waals surface area contributed by atoms with E-state index in [2.05, 4.69) is 11.8 Å². The molecule has 12 heavy (non-hydrogen) atoms. The first-order valence-electron chi connectivity index (χ1n) is 4.72. The summed E-state index contributed by atoms with van der Waals surface area (Å²) in [5.41, 5.74) is 5.82. The summed E-state index contributed by atoms with van der Waals surface area (Å²) in [7, 11) is 1.75. The van der Waals surface area contributed by atoms with Crippen LogP contribution in [0, 0.1) is 0 Å². The SMILES string of the molecule is COCCC(C)N1CCC(N)C1. The monoisotopic (exact) mass is 172 g/mol. The van der Waals surface area contributed by atoms with Crippen LogP contribution >= 0.6 is 0 Å². The number of hydrogen-bond acceptors (Lipinski definition) is 3. The third-order valence-corrected chi connectivity index (χ3v) is 2.62. The quantitative estimate of drug-likeness (QED) is 0.669. The average molecular weight is 172 g/mol. The summed E-state index contributed by atoms with van der Waals surface area (Å²) in [6, 6.07) is 1.02. The zero-order chi connectivity index (χ0) is 8.97. The Morgan fingerprint density at radius 2 is 2.42 bits per heavy atom. The lowest BCUT2D eigenvalue weighted by Crippen LogP contribution is -2.34. The molecule has 72 valence electrons. The summed E-state index contributed by atoms with van der Waals surface area (Å²) in [6.45, 7) is 5.32. The van der Waals surface area contributed by atoms with Gasteiger partial charge in [-0.3, -0.25) is 4.90 Å². The lowest BCUT2D eigenvalue weighted by atomic mass is 10.2. The van der Waals surface area contributed by atoms with Crippen LogP contribution in [0.5, 0.6) is 0 Å². The normalized spacial score (nSPS) is 27.8. The summed E-state index contributed by atoms with van der Waals surface area (Å²) < 4.78 is 5.04. The summed E-state index contributed by atoms with van der Waals surface area (Å²) >= 11 is 0. The Balaban J connectivity index is 2.18. The fourth-order valence-corrected chi connectivity index (χ4v) is 1.69. The molecule has 0 aromatic rings. The van der Waals surface area contributed by atoms with Gasteiger partial charge in [-0.1, -0.05) is 0 Å². The molecule has 1 aliphatic heterocycles. The molecule has 2 unspecified atom stereocenters. The van der Waals surface area contributed by atoms with Gasteiger partial charge in [0.2, 0.25) is 0 Å². The fourth-order valence-electron chi connectivity index (χ4n) is 1.69. The van der Waals surface area contributed by atoms with Crippen molar-refractivity contribution in [1.29, 1.82) is 0 Å². The summed E-state index contributed by atoms with van der Waals surface area (Å²) in [5, 5.41) is 0. The molecule has 0 amide bonds. The standard InChI is InChI=1S/C9H20N2O/c1-8(4-6-12-2)11-5-3-9(10)7-11/h8-9H,3-7,10H2,1-2H3. The number of likely N-dealkylation sites (tertiary alicyclic amines) is 1. The Kier molecular flexibility index (Phi) is 3.98. The van der Waals surface area contributed by atoms with Gasteiger partial charge in [-0.05, 0) is 19.8 Å². The van der Waals surface area contributed by atoms with Crippen LogP contribution in [0.25, 0.3) is 0 Å². The minimum absolute atomic E-state index is 0.398. The Morgan fingerprint density at radius 3 is 2.92 bits per heavy atom. The molecule has 0 spiro atoms. The van der Waals surface area contributed by atoms with Gasteiger partial charge in [0.05, 0.1) is 0 Å². The van der Waals surface area contributed by atoms with Crippen LogP contribution in [0.15, 0.2) is 0 Å². The molecule has 1 aliphatic rings. The smallest absolute Gasteiger partial charge is 0.0477 e. The van der Waals surface area contributed by atoms with Crippen molar-refractivity contribution < 1.29 is 4.74 Å². The van der Waals surface area contributed by atoms with Crippen molar-refractivity contribution in [2.75, 3.05) is 26.8 Å². The molecule has 0 aromatic carbocycles. The van der Waals surface area contributed by atoms with E-state index in [0.29, 0.717) is 12.1 Å². The summed E-state index contributed by atoms with van der Waals surface area (Å²) in [6.07, 6.45) is 2.26. The molecule has 0 bridgehead atoms. The van der Waals surface area contributed by atoms with E-state index in [9.17, 15) is 0 Å². The fraction of sp³-hybridized carbons (Fsp3) is 1.00. The number of methoxy groups -OCH3 is 1. The molecule has 3 nitrogen and oxygen atoms in total. The Bertz CT molecular complexity index is 130. The van der Waals surface area contributed by atoms with Crippen molar-refractivity contribution in [3.05, 3.63) is 0 Å². The number of rotatable bonds is 4. The molecule has 1 rings (SSSR count). The zero-order valence-electron chi connectivity index (χ0n) is 8.12. The van der Waals surface area contributed by atoms with Crippen LogP contribution in [0.2, 0.25) is 0 Å². The predicted octanol–water partition coefficient (Wildman–Crippen LogP) is 0.444. The van der Waals surface area contributed by atoms with E-state index < -0.39 is 0 Å². The highest BCUT2D eigenvalue weighted by Gasteiger charge is 2.22. The third-order valence-electron chi connectivity index (χ3n) is 2.62. The Labute approximate surface area is 74.9 Å². The van der Waals surface area contributed by atoms with Gasteiger partial charge in [0.1, 0.15) is 0 Å². The molecule has 2 N–H and O–H groups in total. The van der Waals surface area contributed by atoms with E-state index in [4.69, 9.17) is 10.5 Å². The van der Waals surface area contributed by atoms with Crippen molar-refractivity contribution >= 4 is 0 Å². The van der Waals surface area contributed by atoms with Gasteiger partial charge in [0.15, 0.2) is 0 Å². The minimum atomic E-state index is 0.398. The maximum atomic E-state index is 5.82. The van der Waals surface area contributed by atoms with Crippen LogP contribution in [0.1, 0.15) is 19.8 Å². The van der Waals surface area contributed by atoms with Crippen molar-refractivity contribution in [3.8, 4) is 0 Å². The van der Waals surface area contributed by atoms with Crippen molar-refractivity contribution in [2.24, 2.45) is 5.73 Å². The van der Waals surface area contributed by atoms with Crippen LogP contribution in [0.3, 0.4) is 0 Å². The second-order valence-electron chi connectivity index (χ2n) is 3.67. The first-order chi connectivity index (χ1) is 5.74. The molecule has 0 aliphatic carbocycles. The Hall–Kier alpha value is -0.120. The second-order valence-corrected chi connectivity index (χ2v) is 3.67. The average Bonchev–Trinajstić information content (AvgIpc) is 2.47. The molecular weight excluding hydrogens is 152 g/mol. The second kappa shape index (κ2) is 4.80. The number of ether oxygens (including phenoxy) is 1. The topological polar surface area (TPSA) is 38.5 Å². The lowest BCUT2D eigenvalue weighted by Gasteiger charge is -2.23. The third kappa shape index (κ3) is 2.73. The van der Waals surface area contributed by atoms with Gasteiger partial charge < -0.3 is 10.5 Å². The van der Waals surface area contributed by atoms with Gasteiger partial charge >= 0.3 is 0 Å². The first-order valence-corrected chi connectivity index (χ1v) is 4.72. The van der Waals surface area contributed by atoms with E-state index in [1.54, 1.807) is 7.11 Å². The minimum Gasteiger partial charge on any atom is -0.385 e. The van der Waals surface area contributed by atoms with Gasteiger partial charge in [0.25, 0.3) is 0 Å². The van der Waals surface area contributed by atoms with Crippen LogP contribution in [-0.2, 0) is 4.74 Å². The van der Waals surface area contributed by atoms with E-state index >= 15 is 0 Å². The van der Waals surface area contributed by atoms with Gasteiger partial charge in [-0.25, -0.2) is 0 Å². The maximum Gasteiger partial charge on any atom is 0.0477 e. The van der Waals surface area contributed by atoms with E-state index in [0.717, 1.165) is 32.5 Å². The molecule has 0 saturated carbocycles. The molecule has 0 radical (unpaired) electrons. The van der Waals surface area contributed by atoms with Gasteiger partial charge in [-0.15, -0.1) is 0 Å². The zero-order valence-corrected chi connectivity index (χ0v) is 8.12. The number of nitrogens with two attached hydrogens (primary N) is 1. The molecule has 0 aromatic heterocycles. The van der Waals surface area contributed by atoms with Crippen molar-refractivity contribution in [1.82, 2.24) is 4.90 Å². The molecule has 1 fully saturated rings. The maximum absolute atomic E-state index is 5.82. The van der Waals surface area contributed by atoms with Gasteiger partial charge in [0, 0.05) is 38.9 Å². The molecule has 1 saturated heterocycles. The highest BCUT2D eigenvalue weighted by atomic mass is 16.5. The highest BCUT2D eigenvalue weighted by Crippen LogP contribution is 2.12. The van der Waals surface area contributed by atoms with E-state index in [1.807, 2.05) is 0 Å². The van der Waals surface area contributed by atoms with Crippen LogP contribution in [-0.4, -0.2) is 43.8 Å². The van der Waals surface area contributed by atoms with Crippen molar-refractivity contribution in [2.45, 2.75) is 31.8 Å². The first kappa shape index (κ1) is 9.96. The van der Waals surface area contributed by atoms with Gasteiger partial charge in [-0.2, -0.15) is 0 Å². The summed E-state index contributed by atoms with van der Waals surface area (Å²) in [4.78, 5) is 2.45. The number of hydrogen-bond donors (Lipinski definition) is 1. The molecule has 3 heteroatoms.